The maximum Gasteiger partial charge on any atom is 0.237 e. The van der Waals surface area contributed by atoms with Gasteiger partial charge in [0, 0.05) is 23.6 Å². The Morgan fingerprint density at radius 1 is 1.03 bits per heavy atom. The number of carbonyl (C=O) groups is 1. The maximum atomic E-state index is 13.8. The SMILES string of the molecule is Cc1ccc(NC(=O)C(C)Sc2nnc(-c3ccncc3)n2-c2ccccc2C)cc1F. The third-order valence-corrected chi connectivity index (χ3v) is 6.06. The summed E-state index contributed by atoms with van der Waals surface area (Å²) in [5, 5.41) is 11.7. The molecule has 1 atom stereocenters. The first-order valence-electron chi connectivity index (χ1n) is 10.1. The van der Waals surface area contributed by atoms with Crippen LogP contribution in [0.4, 0.5) is 10.1 Å². The smallest absolute Gasteiger partial charge is 0.237 e. The zero-order chi connectivity index (χ0) is 22.7. The van der Waals surface area contributed by atoms with E-state index in [4.69, 9.17) is 0 Å². The molecule has 1 unspecified atom stereocenters. The van der Waals surface area contributed by atoms with Gasteiger partial charge in [-0.15, -0.1) is 10.2 Å². The van der Waals surface area contributed by atoms with Gasteiger partial charge in [0.05, 0.1) is 10.9 Å². The molecule has 0 saturated heterocycles. The van der Waals surface area contributed by atoms with Gasteiger partial charge in [-0.2, -0.15) is 0 Å². The van der Waals surface area contributed by atoms with Crippen LogP contribution in [0.5, 0.6) is 0 Å². The lowest BCUT2D eigenvalue weighted by atomic mass is 10.2. The van der Waals surface area contributed by atoms with Gasteiger partial charge in [0.1, 0.15) is 5.82 Å². The number of aromatic nitrogens is 4. The summed E-state index contributed by atoms with van der Waals surface area (Å²) in [6.07, 6.45) is 3.41. The van der Waals surface area contributed by atoms with Crippen molar-refractivity contribution in [3.63, 3.8) is 0 Å². The number of nitrogens with zero attached hydrogens (tertiary/aromatic N) is 4. The zero-order valence-electron chi connectivity index (χ0n) is 17.9. The molecule has 0 bridgehead atoms. The highest BCUT2D eigenvalue weighted by Gasteiger charge is 2.22. The molecule has 4 rings (SSSR count). The van der Waals surface area contributed by atoms with Crippen LogP contribution in [0, 0.1) is 19.7 Å². The molecule has 0 saturated carbocycles. The molecule has 2 aromatic heterocycles. The molecule has 162 valence electrons. The predicted molar refractivity (Wildman–Crippen MR) is 124 cm³/mol. The minimum atomic E-state index is -0.489. The number of hydrogen-bond donors (Lipinski definition) is 1. The maximum absolute atomic E-state index is 13.8. The molecule has 2 aromatic carbocycles. The fourth-order valence-corrected chi connectivity index (χ4v) is 4.05. The molecule has 0 aliphatic carbocycles. The number of aryl methyl sites for hydroxylation is 2. The molecular formula is C24H22FN5OS. The Morgan fingerprint density at radius 2 is 1.78 bits per heavy atom. The van der Waals surface area contributed by atoms with E-state index in [9.17, 15) is 9.18 Å². The molecule has 0 radical (unpaired) electrons. The van der Waals surface area contributed by atoms with Crippen LogP contribution in [-0.4, -0.2) is 30.9 Å². The van der Waals surface area contributed by atoms with E-state index in [-0.39, 0.29) is 11.7 Å². The molecule has 6 nitrogen and oxygen atoms in total. The highest BCUT2D eigenvalue weighted by molar-refractivity contribution is 8.00. The quantitative estimate of drug-likeness (QED) is 0.411. The lowest BCUT2D eigenvalue weighted by Crippen LogP contribution is -2.23. The number of thioether (sulfide) groups is 1. The number of para-hydroxylation sites is 1. The van der Waals surface area contributed by atoms with Gasteiger partial charge in [-0.05, 0) is 62.2 Å². The Hall–Kier alpha value is -3.52. The van der Waals surface area contributed by atoms with Crippen molar-refractivity contribution in [3.8, 4) is 17.1 Å². The second-order valence-electron chi connectivity index (χ2n) is 7.38. The largest absolute Gasteiger partial charge is 0.325 e. The van der Waals surface area contributed by atoms with Gasteiger partial charge in [-0.25, -0.2) is 4.39 Å². The van der Waals surface area contributed by atoms with Crippen molar-refractivity contribution in [2.45, 2.75) is 31.2 Å². The lowest BCUT2D eigenvalue weighted by Gasteiger charge is -2.15. The number of nitrogens with one attached hydrogen (secondary N) is 1. The van der Waals surface area contributed by atoms with Gasteiger partial charge in [-0.1, -0.05) is 36.0 Å². The van der Waals surface area contributed by atoms with Gasteiger partial charge in [0.25, 0.3) is 0 Å². The minimum Gasteiger partial charge on any atom is -0.325 e. The van der Waals surface area contributed by atoms with Crippen LogP contribution in [0.3, 0.4) is 0 Å². The number of pyridine rings is 1. The van der Waals surface area contributed by atoms with Gasteiger partial charge in [0.2, 0.25) is 5.91 Å². The Morgan fingerprint density at radius 3 is 2.50 bits per heavy atom. The Kier molecular flexibility index (Phi) is 6.32. The molecule has 0 aliphatic heterocycles. The highest BCUT2D eigenvalue weighted by atomic mass is 32.2. The highest BCUT2D eigenvalue weighted by Crippen LogP contribution is 2.31. The van der Waals surface area contributed by atoms with Gasteiger partial charge >= 0.3 is 0 Å². The van der Waals surface area contributed by atoms with Crippen molar-refractivity contribution in [1.29, 1.82) is 0 Å². The summed E-state index contributed by atoms with van der Waals surface area (Å²) >= 11 is 1.29. The van der Waals surface area contributed by atoms with Gasteiger partial charge < -0.3 is 5.32 Å². The summed E-state index contributed by atoms with van der Waals surface area (Å²) in [5.41, 5.74) is 3.80. The Bertz CT molecular complexity index is 1260. The molecule has 0 fully saturated rings. The first kappa shape index (κ1) is 21.7. The summed E-state index contributed by atoms with van der Waals surface area (Å²) in [6, 6.07) is 16.3. The number of anilines is 1. The van der Waals surface area contributed by atoms with Crippen LogP contribution in [0.2, 0.25) is 0 Å². The summed E-state index contributed by atoms with van der Waals surface area (Å²) in [7, 11) is 0. The fourth-order valence-electron chi connectivity index (χ4n) is 3.19. The molecule has 1 N–H and O–H groups in total. The average molecular weight is 448 g/mol. The molecule has 0 aliphatic rings. The second-order valence-corrected chi connectivity index (χ2v) is 8.69. The normalized spacial score (nSPS) is 11.9. The number of rotatable bonds is 6. The van der Waals surface area contributed by atoms with E-state index in [1.807, 2.05) is 47.9 Å². The predicted octanol–water partition coefficient (Wildman–Crippen LogP) is 5.20. The van der Waals surface area contributed by atoms with Crippen LogP contribution in [0.15, 0.2) is 72.1 Å². The van der Waals surface area contributed by atoms with E-state index in [1.165, 1.54) is 17.8 Å². The van der Waals surface area contributed by atoms with Crippen LogP contribution in [-0.2, 0) is 4.79 Å². The molecule has 4 aromatic rings. The van der Waals surface area contributed by atoms with Crippen molar-refractivity contribution in [3.05, 3.63) is 83.9 Å². The second kappa shape index (κ2) is 9.32. The zero-order valence-corrected chi connectivity index (χ0v) is 18.7. The van der Waals surface area contributed by atoms with Crippen molar-refractivity contribution in [2.75, 3.05) is 5.32 Å². The average Bonchev–Trinajstić information content (AvgIpc) is 3.20. The third-order valence-electron chi connectivity index (χ3n) is 5.02. The van der Waals surface area contributed by atoms with Crippen LogP contribution in [0.25, 0.3) is 17.1 Å². The van der Waals surface area contributed by atoms with E-state index in [0.29, 0.717) is 22.2 Å². The summed E-state index contributed by atoms with van der Waals surface area (Å²) in [6.45, 7) is 5.48. The lowest BCUT2D eigenvalue weighted by molar-refractivity contribution is -0.115. The van der Waals surface area contributed by atoms with E-state index < -0.39 is 5.25 Å². The standard InChI is InChI=1S/C24H22FN5OS/c1-15-8-9-19(14-20(15)25)27-23(31)17(3)32-24-29-28-22(18-10-12-26-13-11-18)30(24)21-7-5-4-6-16(21)2/h4-14,17H,1-3H3,(H,27,31). The number of halogens is 1. The summed E-state index contributed by atoms with van der Waals surface area (Å²) in [4.78, 5) is 16.9. The van der Waals surface area contributed by atoms with E-state index in [0.717, 1.165) is 16.8 Å². The van der Waals surface area contributed by atoms with Gasteiger partial charge in [0.15, 0.2) is 11.0 Å². The fraction of sp³-hybridized carbons (Fsp3) is 0.167. The first-order valence-corrected chi connectivity index (χ1v) is 11.0. The Balaban J connectivity index is 1.64. The van der Waals surface area contributed by atoms with Crippen LogP contribution >= 0.6 is 11.8 Å². The number of amides is 1. The van der Waals surface area contributed by atoms with Crippen LogP contribution < -0.4 is 5.32 Å². The molecule has 2 heterocycles. The molecule has 32 heavy (non-hydrogen) atoms. The van der Waals surface area contributed by atoms with Crippen molar-refractivity contribution in [2.24, 2.45) is 0 Å². The number of benzene rings is 2. The summed E-state index contributed by atoms with van der Waals surface area (Å²) < 4.78 is 15.8. The first-order chi connectivity index (χ1) is 15.4. The monoisotopic (exact) mass is 447 g/mol. The van der Waals surface area contributed by atoms with Crippen molar-refractivity contribution >= 4 is 23.4 Å². The molecule has 1 amide bonds. The topological polar surface area (TPSA) is 72.7 Å². The number of hydrogen-bond acceptors (Lipinski definition) is 5. The van der Waals surface area contributed by atoms with E-state index >= 15 is 0 Å². The molecule has 0 spiro atoms. The number of carbonyl (C=O) groups excluding carboxylic acids is 1. The minimum absolute atomic E-state index is 0.247. The molecular weight excluding hydrogens is 425 g/mol. The van der Waals surface area contributed by atoms with Crippen molar-refractivity contribution < 1.29 is 9.18 Å². The third kappa shape index (κ3) is 4.55. The molecule has 8 heteroatoms. The van der Waals surface area contributed by atoms with Crippen molar-refractivity contribution in [1.82, 2.24) is 19.7 Å². The van der Waals surface area contributed by atoms with Crippen LogP contribution in [0.1, 0.15) is 18.1 Å². The van der Waals surface area contributed by atoms with Gasteiger partial charge in [-0.3, -0.25) is 14.3 Å². The van der Waals surface area contributed by atoms with E-state index in [2.05, 4.69) is 20.5 Å². The van der Waals surface area contributed by atoms with E-state index in [1.54, 1.807) is 38.4 Å². The summed E-state index contributed by atoms with van der Waals surface area (Å²) in [5.74, 6) is 0.0601. The Labute approximate surface area is 189 Å².